The number of rotatable bonds is 1. The van der Waals surface area contributed by atoms with E-state index in [4.69, 9.17) is 0 Å². The van der Waals surface area contributed by atoms with Gasteiger partial charge in [-0.25, -0.2) is 0 Å². The molecule has 3 aliphatic rings. The monoisotopic (exact) mass is 271 g/mol. The molecule has 3 nitrogen and oxygen atoms in total. The Hall–Kier alpha value is -0.900. The van der Waals surface area contributed by atoms with E-state index in [9.17, 15) is 0 Å². The second-order valence-corrected chi connectivity index (χ2v) is 6.53. The fraction of sp³-hybridized carbons (Fsp3) is 0.647. The summed E-state index contributed by atoms with van der Waals surface area (Å²) in [5.41, 5.74) is 3.06. The fourth-order valence-corrected chi connectivity index (χ4v) is 4.26. The molecule has 0 saturated carbocycles. The molecule has 0 spiro atoms. The van der Waals surface area contributed by atoms with Crippen LogP contribution in [0.25, 0.3) is 0 Å². The Morgan fingerprint density at radius 3 is 2.90 bits per heavy atom. The minimum Gasteiger partial charge on any atom is -0.311 e. The zero-order chi connectivity index (χ0) is 13.4. The van der Waals surface area contributed by atoms with Crippen molar-refractivity contribution in [2.45, 2.75) is 37.9 Å². The summed E-state index contributed by atoms with van der Waals surface area (Å²) in [5, 5.41) is 3.61. The van der Waals surface area contributed by atoms with Crippen molar-refractivity contribution in [2.75, 3.05) is 32.7 Å². The predicted octanol–water partition coefficient (Wildman–Crippen LogP) is 2.00. The van der Waals surface area contributed by atoms with E-state index in [-0.39, 0.29) is 0 Å². The molecule has 3 heteroatoms. The molecule has 20 heavy (non-hydrogen) atoms. The number of benzene rings is 1. The first-order valence-corrected chi connectivity index (χ1v) is 8.18. The second kappa shape index (κ2) is 5.47. The maximum Gasteiger partial charge on any atom is 0.0477 e. The average molecular weight is 271 g/mol. The molecule has 2 fully saturated rings. The van der Waals surface area contributed by atoms with Gasteiger partial charge in [0.25, 0.3) is 0 Å². The number of piperidine rings is 1. The minimum absolute atomic E-state index is 0.587. The minimum atomic E-state index is 0.587. The van der Waals surface area contributed by atoms with Gasteiger partial charge < -0.3 is 5.32 Å². The Balaban J connectivity index is 1.54. The van der Waals surface area contributed by atoms with Gasteiger partial charge >= 0.3 is 0 Å². The van der Waals surface area contributed by atoms with Crippen LogP contribution in [-0.2, 0) is 6.54 Å². The molecule has 1 aromatic carbocycles. The summed E-state index contributed by atoms with van der Waals surface area (Å²) in [6, 6.07) is 10.4. The summed E-state index contributed by atoms with van der Waals surface area (Å²) in [7, 11) is 0. The van der Waals surface area contributed by atoms with Gasteiger partial charge in [0, 0.05) is 44.8 Å². The maximum atomic E-state index is 3.61. The van der Waals surface area contributed by atoms with Gasteiger partial charge in [0.1, 0.15) is 0 Å². The summed E-state index contributed by atoms with van der Waals surface area (Å²) in [6.45, 7) is 7.25. The Kier molecular flexibility index (Phi) is 3.51. The third-order valence-corrected chi connectivity index (χ3v) is 5.38. The molecule has 0 aromatic heterocycles. The third-order valence-electron chi connectivity index (χ3n) is 5.38. The standard InChI is InChI=1S/C17H25N3/c1-2-7-16-14(5-1)11-18-12-17(16)20-10-9-19-8-4-3-6-15(19)13-20/h1-2,5,7,15,17-18H,3-4,6,8-13H2. The third kappa shape index (κ3) is 2.28. The molecule has 0 amide bonds. The zero-order valence-electron chi connectivity index (χ0n) is 12.2. The van der Waals surface area contributed by atoms with Crippen molar-refractivity contribution in [3.8, 4) is 0 Å². The molecule has 0 radical (unpaired) electrons. The molecule has 1 aromatic rings. The van der Waals surface area contributed by atoms with Crippen molar-refractivity contribution in [3.63, 3.8) is 0 Å². The van der Waals surface area contributed by atoms with Crippen molar-refractivity contribution in [3.05, 3.63) is 35.4 Å². The highest BCUT2D eigenvalue weighted by Gasteiger charge is 2.33. The van der Waals surface area contributed by atoms with Gasteiger partial charge in [-0.1, -0.05) is 30.7 Å². The molecule has 3 aliphatic heterocycles. The normalized spacial score (nSPS) is 31.6. The molecule has 2 atom stereocenters. The Bertz CT molecular complexity index is 473. The lowest BCUT2D eigenvalue weighted by Crippen LogP contribution is -2.56. The second-order valence-electron chi connectivity index (χ2n) is 6.53. The van der Waals surface area contributed by atoms with Crippen molar-refractivity contribution in [1.82, 2.24) is 15.1 Å². The quantitative estimate of drug-likeness (QED) is 0.843. The van der Waals surface area contributed by atoms with Gasteiger partial charge in [-0.05, 0) is 30.5 Å². The van der Waals surface area contributed by atoms with Gasteiger partial charge in [-0.3, -0.25) is 9.80 Å². The van der Waals surface area contributed by atoms with Gasteiger partial charge in [-0.15, -0.1) is 0 Å². The highest BCUT2D eigenvalue weighted by Crippen LogP contribution is 2.30. The summed E-state index contributed by atoms with van der Waals surface area (Å²) in [5.74, 6) is 0. The Morgan fingerprint density at radius 2 is 1.90 bits per heavy atom. The van der Waals surface area contributed by atoms with Crippen molar-refractivity contribution in [1.29, 1.82) is 0 Å². The van der Waals surface area contributed by atoms with E-state index in [2.05, 4.69) is 39.4 Å². The van der Waals surface area contributed by atoms with E-state index >= 15 is 0 Å². The highest BCUT2D eigenvalue weighted by molar-refractivity contribution is 5.32. The van der Waals surface area contributed by atoms with Crippen LogP contribution in [0.5, 0.6) is 0 Å². The largest absolute Gasteiger partial charge is 0.311 e. The highest BCUT2D eigenvalue weighted by atomic mass is 15.3. The molecule has 108 valence electrons. The Morgan fingerprint density at radius 1 is 1.00 bits per heavy atom. The molecule has 0 aliphatic carbocycles. The summed E-state index contributed by atoms with van der Waals surface area (Å²) < 4.78 is 0. The molecule has 1 N–H and O–H groups in total. The van der Waals surface area contributed by atoms with Crippen molar-refractivity contribution < 1.29 is 0 Å². The zero-order valence-corrected chi connectivity index (χ0v) is 12.2. The van der Waals surface area contributed by atoms with Crippen LogP contribution in [-0.4, -0.2) is 48.6 Å². The Labute approximate surface area is 121 Å². The van der Waals surface area contributed by atoms with Crippen LogP contribution in [0.1, 0.15) is 36.4 Å². The molecule has 0 bridgehead atoms. The summed E-state index contributed by atoms with van der Waals surface area (Å²) in [6.07, 6.45) is 4.23. The molecule has 2 saturated heterocycles. The van der Waals surface area contributed by atoms with Crippen LogP contribution in [0.15, 0.2) is 24.3 Å². The SMILES string of the molecule is c1ccc2c(c1)CNCC2N1CCN2CCCCC2C1. The number of hydrogen-bond donors (Lipinski definition) is 1. The van der Waals surface area contributed by atoms with Gasteiger partial charge in [-0.2, -0.15) is 0 Å². The number of nitrogens with one attached hydrogen (secondary N) is 1. The molecule has 4 rings (SSSR count). The van der Waals surface area contributed by atoms with E-state index in [0.717, 1.165) is 19.1 Å². The summed E-state index contributed by atoms with van der Waals surface area (Å²) in [4.78, 5) is 5.46. The van der Waals surface area contributed by atoms with Crippen LogP contribution in [0, 0.1) is 0 Å². The van der Waals surface area contributed by atoms with E-state index < -0.39 is 0 Å². The van der Waals surface area contributed by atoms with Crippen molar-refractivity contribution >= 4 is 0 Å². The molecular weight excluding hydrogens is 246 g/mol. The van der Waals surface area contributed by atoms with Gasteiger partial charge in [0.05, 0.1) is 0 Å². The first-order chi connectivity index (χ1) is 9.92. The van der Waals surface area contributed by atoms with Gasteiger partial charge in [0.15, 0.2) is 0 Å². The lowest BCUT2D eigenvalue weighted by molar-refractivity contribution is 0.0251. The van der Waals surface area contributed by atoms with Gasteiger partial charge in [0.2, 0.25) is 0 Å². The van der Waals surface area contributed by atoms with E-state index in [1.807, 2.05) is 0 Å². The van der Waals surface area contributed by atoms with E-state index in [1.165, 1.54) is 51.0 Å². The average Bonchev–Trinajstić information content (AvgIpc) is 2.54. The van der Waals surface area contributed by atoms with Crippen LogP contribution in [0.4, 0.5) is 0 Å². The molecule has 3 heterocycles. The topological polar surface area (TPSA) is 18.5 Å². The number of piperazine rings is 1. The van der Waals surface area contributed by atoms with Crippen LogP contribution in [0.2, 0.25) is 0 Å². The number of fused-ring (bicyclic) bond motifs is 2. The number of hydrogen-bond acceptors (Lipinski definition) is 3. The van der Waals surface area contributed by atoms with E-state index in [0.29, 0.717) is 6.04 Å². The first kappa shape index (κ1) is 12.8. The van der Waals surface area contributed by atoms with Crippen LogP contribution < -0.4 is 5.32 Å². The fourth-order valence-electron chi connectivity index (χ4n) is 4.26. The smallest absolute Gasteiger partial charge is 0.0477 e. The lowest BCUT2D eigenvalue weighted by Gasteiger charge is -2.47. The number of nitrogens with zero attached hydrogens (tertiary/aromatic N) is 2. The lowest BCUT2D eigenvalue weighted by atomic mass is 9.93. The predicted molar refractivity (Wildman–Crippen MR) is 81.7 cm³/mol. The maximum absolute atomic E-state index is 3.61. The first-order valence-electron chi connectivity index (χ1n) is 8.18. The summed E-state index contributed by atoms with van der Waals surface area (Å²) >= 11 is 0. The molecular formula is C17H25N3. The van der Waals surface area contributed by atoms with Crippen LogP contribution >= 0.6 is 0 Å². The van der Waals surface area contributed by atoms with E-state index in [1.54, 1.807) is 5.56 Å². The van der Waals surface area contributed by atoms with Crippen LogP contribution in [0.3, 0.4) is 0 Å². The molecule has 2 unspecified atom stereocenters. The van der Waals surface area contributed by atoms with Crippen molar-refractivity contribution in [2.24, 2.45) is 0 Å².